The number of hydrogen-bond acceptors (Lipinski definition) is 4. The first kappa shape index (κ1) is 20.4. The zero-order chi connectivity index (χ0) is 17.7. The van der Waals surface area contributed by atoms with Crippen molar-refractivity contribution in [2.45, 2.75) is 92.0 Å². The van der Waals surface area contributed by atoms with Crippen molar-refractivity contribution in [1.29, 1.82) is 0 Å². The largest absolute Gasteiger partial charge is 0.461 e. The van der Waals surface area contributed by atoms with Crippen LogP contribution < -0.4 is 0 Å². The lowest BCUT2D eigenvalue weighted by atomic mass is 9.71. The highest BCUT2D eigenvalue weighted by atomic mass is 16.6. The summed E-state index contributed by atoms with van der Waals surface area (Å²) in [6, 6.07) is 0. The van der Waals surface area contributed by atoms with Crippen LogP contribution in [0, 0.1) is 11.3 Å². The van der Waals surface area contributed by atoms with Gasteiger partial charge in [0.25, 0.3) is 0 Å². The molecule has 3 atom stereocenters. The molecule has 0 radical (unpaired) electrons. The van der Waals surface area contributed by atoms with Gasteiger partial charge in [0.05, 0.1) is 11.7 Å². The van der Waals surface area contributed by atoms with Crippen LogP contribution in [0.3, 0.4) is 0 Å². The maximum Gasteiger partial charge on any atom is 0.335 e. The van der Waals surface area contributed by atoms with Gasteiger partial charge in [-0.05, 0) is 65.2 Å². The lowest BCUT2D eigenvalue weighted by Crippen LogP contribution is -2.40. The molecule has 0 amide bonds. The number of ether oxygens (including phenoxy) is 3. The smallest absolute Gasteiger partial charge is 0.335 e. The van der Waals surface area contributed by atoms with Gasteiger partial charge in [0.1, 0.15) is 6.61 Å². The van der Waals surface area contributed by atoms with Gasteiger partial charge >= 0.3 is 5.97 Å². The van der Waals surface area contributed by atoms with Gasteiger partial charge in [-0.3, -0.25) is 0 Å². The van der Waals surface area contributed by atoms with E-state index in [4.69, 9.17) is 14.2 Å². The molecule has 0 spiro atoms. The van der Waals surface area contributed by atoms with Crippen LogP contribution >= 0.6 is 0 Å². The van der Waals surface area contributed by atoms with E-state index in [-0.39, 0.29) is 18.7 Å². The second-order valence-corrected chi connectivity index (χ2v) is 8.31. The first-order valence-corrected chi connectivity index (χ1v) is 9.02. The fourth-order valence-corrected chi connectivity index (χ4v) is 3.47. The summed E-state index contributed by atoms with van der Waals surface area (Å²) in [5, 5.41) is 0. The molecule has 0 N–H and O–H groups in total. The number of hydrogen-bond donors (Lipinski definition) is 0. The van der Waals surface area contributed by atoms with Crippen molar-refractivity contribution in [1.82, 2.24) is 0 Å². The van der Waals surface area contributed by atoms with Gasteiger partial charge in [0.2, 0.25) is 0 Å². The highest BCUT2D eigenvalue weighted by Gasteiger charge is 2.34. The zero-order valence-corrected chi connectivity index (χ0v) is 16.1. The molecule has 4 heteroatoms. The highest BCUT2D eigenvalue weighted by Crippen LogP contribution is 2.41. The van der Waals surface area contributed by atoms with E-state index in [0.717, 1.165) is 0 Å². The van der Waals surface area contributed by atoms with E-state index in [0.29, 0.717) is 17.9 Å². The summed E-state index contributed by atoms with van der Waals surface area (Å²) in [6.45, 7) is 15.1. The minimum Gasteiger partial charge on any atom is -0.461 e. The molecular weight excluding hydrogens is 292 g/mol. The Morgan fingerprint density at radius 2 is 1.96 bits per heavy atom. The molecule has 1 aliphatic rings. The van der Waals surface area contributed by atoms with Crippen LogP contribution in [0.1, 0.15) is 74.1 Å². The van der Waals surface area contributed by atoms with Gasteiger partial charge in [-0.25, -0.2) is 4.79 Å². The average Bonchev–Trinajstić information content (AvgIpc) is 2.43. The average molecular weight is 328 g/mol. The van der Waals surface area contributed by atoms with Gasteiger partial charge in [-0.15, -0.1) is 0 Å². The Bertz CT molecular complexity index is 376. The van der Waals surface area contributed by atoms with Crippen molar-refractivity contribution in [2.75, 3.05) is 13.2 Å². The lowest BCUT2D eigenvalue weighted by molar-refractivity contribution is -0.171. The summed E-state index contributed by atoms with van der Waals surface area (Å²) in [4.78, 5) is 11.8. The first-order chi connectivity index (χ1) is 10.6. The van der Waals surface area contributed by atoms with Crippen LogP contribution in [0.15, 0.2) is 0 Å². The maximum absolute atomic E-state index is 11.8. The molecule has 1 saturated carbocycles. The normalized spacial score (nSPS) is 24.0. The van der Waals surface area contributed by atoms with Crippen LogP contribution in [-0.4, -0.2) is 37.0 Å². The minimum absolute atomic E-state index is 0.174. The third-order valence-electron chi connectivity index (χ3n) is 4.72. The molecule has 0 aromatic carbocycles. The predicted molar refractivity (Wildman–Crippen MR) is 92.4 cm³/mol. The van der Waals surface area contributed by atoms with Gasteiger partial charge in [-0.1, -0.05) is 20.3 Å². The molecule has 0 aliphatic heterocycles. The van der Waals surface area contributed by atoms with E-state index < -0.39 is 11.7 Å². The van der Waals surface area contributed by atoms with Gasteiger partial charge in [0, 0.05) is 6.61 Å². The third kappa shape index (κ3) is 7.21. The van der Waals surface area contributed by atoms with E-state index in [1.165, 1.54) is 25.7 Å². The Kier molecular flexibility index (Phi) is 7.53. The summed E-state index contributed by atoms with van der Waals surface area (Å²) in [5.41, 5.74) is -0.0767. The Balaban J connectivity index is 2.45. The Labute approximate surface area is 142 Å². The molecule has 136 valence electrons. The van der Waals surface area contributed by atoms with E-state index in [1.807, 2.05) is 20.8 Å². The topological polar surface area (TPSA) is 44.8 Å². The number of carbonyl (C=O) groups is 1. The highest BCUT2D eigenvalue weighted by molar-refractivity contribution is 5.74. The molecule has 0 saturated heterocycles. The number of carbonyl (C=O) groups excluding carboxylic acids is 1. The Morgan fingerprint density at radius 1 is 1.30 bits per heavy atom. The molecule has 3 unspecified atom stereocenters. The van der Waals surface area contributed by atoms with Crippen molar-refractivity contribution in [3.05, 3.63) is 0 Å². The fraction of sp³-hybridized carbons (Fsp3) is 0.947. The molecular formula is C19H36O4. The van der Waals surface area contributed by atoms with Crippen molar-refractivity contribution in [3.8, 4) is 0 Å². The third-order valence-corrected chi connectivity index (χ3v) is 4.72. The molecule has 1 fully saturated rings. The molecule has 0 bridgehead atoms. The lowest BCUT2D eigenvalue weighted by Gasteiger charge is -2.40. The summed E-state index contributed by atoms with van der Waals surface area (Å²) >= 11 is 0. The fourth-order valence-electron chi connectivity index (χ4n) is 3.47. The molecule has 0 aromatic rings. The van der Waals surface area contributed by atoms with E-state index >= 15 is 0 Å². The van der Waals surface area contributed by atoms with E-state index in [1.54, 1.807) is 6.92 Å². The van der Waals surface area contributed by atoms with Crippen LogP contribution in [0.2, 0.25) is 0 Å². The number of esters is 1. The molecule has 1 aliphatic carbocycles. The van der Waals surface area contributed by atoms with Crippen LogP contribution in [0.25, 0.3) is 0 Å². The standard InChI is InChI=1S/C19H36O4/c1-8-21-15(3)17(20)22-13-19(6,7)23-14(2)16-10-9-11-18(4,5)12-16/h14-16H,8-13H2,1-7H3. The van der Waals surface area contributed by atoms with Crippen molar-refractivity contribution >= 4 is 5.97 Å². The number of rotatable bonds is 8. The van der Waals surface area contributed by atoms with Gasteiger partial charge < -0.3 is 14.2 Å². The second-order valence-electron chi connectivity index (χ2n) is 8.31. The minimum atomic E-state index is -0.521. The monoisotopic (exact) mass is 328 g/mol. The van der Waals surface area contributed by atoms with Crippen molar-refractivity contribution in [2.24, 2.45) is 11.3 Å². The van der Waals surface area contributed by atoms with E-state index in [2.05, 4.69) is 20.8 Å². The molecule has 23 heavy (non-hydrogen) atoms. The van der Waals surface area contributed by atoms with Gasteiger partial charge in [0.15, 0.2) is 6.10 Å². The molecule has 1 rings (SSSR count). The maximum atomic E-state index is 11.8. The Hall–Kier alpha value is -0.610. The van der Waals surface area contributed by atoms with Gasteiger partial charge in [-0.2, -0.15) is 0 Å². The zero-order valence-electron chi connectivity index (χ0n) is 16.1. The van der Waals surface area contributed by atoms with Crippen molar-refractivity contribution in [3.63, 3.8) is 0 Å². The summed E-state index contributed by atoms with van der Waals surface area (Å²) in [6.07, 6.45) is 4.65. The first-order valence-electron chi connectivity index (χ1n) is 9.02. The molecule has 0 aromatic heterocycles. The quantitative estimate of drug-likeness (QED) is 0.621. The Morgan fingerprint density at radius 3 is 2.52 bits per heavy atom. The second kappa shape index (κ2) is 8.48. The summed E-state index contributed by atoms with van der Waals surface area (Å²) < 4.78 is 16.9. The van der Waals surface area contributed by atoms with E-state index in [9.17, 15) is 4.79 Å². The predicted octanol–water partition coefficient (Wildman–Crippen LogP) is 4.35. The van der Waals surface area contributed by atoms with Crippen LogP contribution in [-0.2, 0) is 19.0 Å². The summed E-state index contributed by atoms with van der Waals surface area (Å²) in [7, 11) is 0. The van der Waals surface area contributed by atoms with Crippen molar-refractivity contribution < 1.29 is 19.0 Å². The summed E-state index contributed by atoms with van der Waals surface area (Å²) in [5.74, 6) is 0.256. The SMILES string of the molecule is CCOC(C)C(=O)OCC(C)(C)OC(C)C1CCCC(C)(C)C1. The molecule has 4 nitrogen and oxygen atoms in total. The van der Waals surface area contributed by atoms with Crippen LogP contribution in [0.5, 0.6) is 0 Å². The molecule has 0 heterocycles. The van der Waals surface area contributed by atoms with Crippen LogP contribution in [0.4, 0.5) is 0 Å².